The highest BCUT2D eigenvalue weighted by molar-refractivity contribution is 14.1. The SMILES string of the molecule is COCOc1c(I)c2c(c3ccccc13)C(CO)CN2C(=O)OC(C)(C)C. The van der Waals surface area contributed by atoms with Gasteiger partial charge in [-0.1, -0.05) is 24.3 Å². The van der Waals surface area contributed by atoms with Crippen LogP contribution in [0.3, 0.4) is 0 Å². The summed E-state index contributed by atoms with van der Waals surface area (Å²) < 4.78 is 17.3. The Morgan fingerprint density at radius 2 is 1.96 bits per heavy atom. The number of hydrogen-bond acceptors (Lipinski definition) is 5. The summed E-state index contributed by atoms with van der Waals surface area (Å²) in [4.78, 5) is 14.5. The van der Waals surface area contributed by atoms with E-state index in [1.165, 1.54) is 0 Å². The van der Waals surface area contributed by atoms with Crippen molar-refractivity contribution in [3.8, 4) is 5.75 Å². The minimum Gasteiger partial charge on any atom is -0.466 e. The van der Waals surface area contributed by atoms with E-state index in [1.807, 2.05) is 45.0 Å². The van der Waals surface area contributed by atoms with Gasteiger partial charge in [0.15, 0.2) is 6.79 Å². The average molecular weight is 485 g/mol. The largest absolute Gasteiger partial charge is 0.466 e. The van der Waals surface area contributed by atoms with Gasteiger partial charge in [0.05, 0.1) is 15.9 Å². The van der Waals surface area contributed by atoms with Gasteiger partial charge in [0.25, 0.3) is 0 Å². The zero-order valence-electron chi connectivity index (χ0n) is 15.9. The molecule has 1 N–H and O–H groups in total. The molecule has 3 rings (SSSR count). The van der Waals surface area contributed by atoms with Crippen LogP contribution in [0, 0.1) is 3.57 Å². The number of aliphatic hydroxyl groups is 1. The molecule has 1 amide bonds. The van der Waals surface area contributed by atoms with E-state index < -0.39 is 11.7 Å². The van der Waals surface area contributed by atoms with Crippen molar-refractivity contribution in [1.29, 1.82) is 0 Å². The summed E-state index contributed by atoms with van der Waals surface area (Å²) in [6.45, 7) is 5.94. The number of nitrogens with zero attached hydrogens (tertiary/aromatic N) is 1. The van der Waals surface area contributed by atoms with Crippen molar-refractivity contribution >= 4 is 45.1 Å². The lowest BCUT2D eigenvalue weighted by Crippen LogP contribution is -2.36. The molecule has 27 heavy (non-hydrogen) atoms. The Hall–Kier alpha value is -1.58. The quantitative estimate of drug-likeness (QED) is 0.518. The Bertz CT molecular complexity index is 862. The molecule has 146 valence electrons. The summed E-state index contributed by atoms with van der Waals surface area (Å²) in [5.74, 6) is 0.487. The van der Waals surface area contributed by atoms with E-state index in [1.54, 1.807) is 12.0 Å². The molecule has 6 nitrogen and oxygen atoms in total. The Morgan fingerprint density at radius 3 is 2.56 bits per heavy atom. The highest BCUT2D eigenvalue weighted by Gasteiger charge is 2.39. The number of halogens is 1. The van der Waals surface area contributed by atoms with Crippen molar-refractivity contribution in [3.63, 3.8) is 0 Å². The summed E-state index contributed by atoms with van der Waals surface area (Å²) in [6, 6.07) is 7.86. The Morgan fingerprint density at radius 1 is 1.30 bits per heavy atom. The third-order valence-corrected chi connectivity index (χ3v) is 5.36. The normalized spacial score (nSPS) is 16.5. The van der Waals surface area contributed by atoms with Gasteiger partial charge in [-0.2, -0.15) is 0 Å². The summed E-state index contributed by atoms with van der Waals surface area (Å²) >= 11 is 2.19. The Kier molecular flexibility index (Phi) is 5.83. The lowest BCUT2D eigenvalue weighted by Gasteiger charge is -2.26. The smallest absolute Gasteiger partial charge is 0.414 e. The maximum absolute atomic E-state index is 12.9. The van der Waals surface area contributed by atoms with Crippen molar-refractivity contribution < 1.29 is 24.1 Å². The number of methoxy groups -OCH3 is 1. The molecule has 0 saturated carbocycles. The number of hydrogen-bond donors (Lipinski definition) is 1. The van der Waals surface area contributed by atoms with Crippen LogP contribution in [0.2, 0.25) is 0 Å². The molecule has 2 aromatic carbocycles. The maximum Gasteiger partial charge on any atom is 0.414 e. The van der Waals surface area contributed by atoms with Crippen LogP contribution in [-0.4, -0.2) is 43.9 Å². The zero-order chi connectivity index (χ0) is 19.8. The predicted molar refractivity (Wildman–Crippen MR) is 113 cm³/mol. The molecular formula is C20H24INO5. The molecule has 1 atom stereocenters. The van der Waals surface area contributed by atoms with Gasteiger partial charge in [0.1, 0.15) is 11.4 Å². The van der Waals surface area contributed by atoms with Gasteiger partial charge in [0, 0.05) is 25.0 Å². The molecule has 2 aromatic rings. The number of rotatable bonds is 4. The molecule has 0 radical (unpaired) electrons. The Labute approximate surface area is 172 Å². The minimum atomic E-state index is -0.605. The van der Waals surface area contributed by atoms with Crippen molar-refractivity contribution in [2.75, 3.05) is 32.0 Å². The first-order valence-electron chi connectivity index (χ1n) is 8.75. The monoisotopic (exact) mass is 485 g/mol. The molecule has 1 aliphatic heterocycles. The van der Waals surface area contributed by atoms with Gasteiger partial charge in [-0.25, -0.2) is 4.79 Å². The number of carbonyl (C=O) groups excluding carboxylic acids is 1. The summed E-state index contributed by atoms with van der Waals surface area (Å²) in [7, 11) is 1.57. The fourth-order valence-corrected chi connectivity index (χ4v) is 4.39. The van der Waals surface area contributed by atoms with Crippen molar-refractivity contribution in [2.45, 2.75) is 32.3 Å². The number of ether oxygens (including phenoxy) is 3. The van der Waals surface area contributed by atoms with E-state index in [0.29, 0.717) is 12.3 Å². The molecule has 0 aromatic heterocycles. The molecule has 1 aliphatic rings. The number of amides is 1. The van der Waals surface area contributed by atoms with E-state index in [-0.39, 0.29) is 19.3 Å². The standard InChI is InChI=1S/C20H24INO5/c1-20(2,3)27-19(24)22-9-12(10-23)15-13-7-5-6-8-14(13)18(26-11-25-4)16(21)17(15)22/h5-8,12,23H,9-11H2,1-4H3. The highest BCUT2D eigenvalue weighted by atomic mass is 127. The highest BCUT2D eigenvalue weighted by Crippen LogP contribution is 2.49. The topological polar surface area (TPSA) is 68.2 Å². The van der Waals surface area contributed by atoms with E-state index >= 15 is 0 Å². The fourth-order valence-electron chi connectivity index (χ4n) is 3.36. The van der Waals surface area contributed by atoms with Crippen LogP contribution in [0.25, 0.3) is 10.8 Å². The van der Waals surface area contributed by atoms with Crippen LogP contribution in [-0.2, 0) is 9.47 Å². The molecule has 1 unspecified atom stereocenters. The molecule has 7 heteroatoms. The molecule has 0 fully saturated rings. The molecule has 0 bridgehead atoms. The van der Waals surface area contributed by atoms with Crippen molar-refractivity contribution in [3.05, 3.63) is 33.4 Å². The second kappa shape index (κ2) is 7.81. The van der Waals surface area contributed by atoms with Gasteiger partial charge in [-0.15, -0.1) is 0 Å². The molecule has 1 heterocycles. The lowest BCUT2D eigenvalue weighted by atomic mass is 9.95. The van der Waals surface area contributed by atoms with Crippen LogP contribution in [0.4, 0.5) is 10.5 Å². The summed E-state index contributed by atoms with van der Waals surface area (Å²) in [5.41, 5.74) is 1.09. The predicted octanol–water partition coefficient (Wildman–Crippen LogP) is 4.26. The van der Waals surface area contributed by atoms with E-state index in [2.05, 4.69) is 22.6 Å². The van der Waals surface area contributed by atoms with Crippen molar-refractivity contribution in [2.24, 2.45) is 0 Å². The minimum absolute atomic E-state index is 0.0509. The van der Waals surface area contributed by atoms with Crippen LogP contribution in [0.15, 0.2) is 24.3 Å². The first-order valence-corrected chi connectivity index (χ1v) is 9.83. The van der Waals surface area contributed by atoms with Gasteiger partial charge >= 0.3 is 6.09 Å². The second-order valence-electron chi connectivity index (χ2n) is 7.47. The van der Waals surface area contributed by atoms with E-state index in [0.717, 1.165) is 25.6 Å². The third-order valence-electron chi connectivity index (χ3n) is 4.36. The number of benzene rings is 2. The summed E-state index contributed by atoms with van der Waals surface area (Å²) in [6.07, 6.45) is -0.425. The first-order chi connectivity index (χ1) is 12.8. The lowest BCUT2D eigenvalue weighted by molar-refractivity contribution is 0.0516. The number of aliphatic hydroxyl groups excluding tert-OH is 1. The Balaban J connectivity index is 2.21. The molecular weight excluding hydrogens is 461 g/mol. The van der Waals surface area contributed by atoms with Crippen LogP contribution in [0.1, 0.15) is 32.3 Å². The van der Waals surface area contributed by atoms with Gasteiger partial charge in [0.2, 0.25) is 0 Å². The van der Waals surface area contributed by atoms with Gasteiger partial charge in [-0.05, 0) is 54.3 Å². The third kappa shape index (κ3) is 3.86. The maximum atomic E-state index is 12.9. The van der Waals surface area contributed by atoms with Crippen LogP contribution in [0.5, 0.6) is 5.75 Å². The molecule has 0 aliphatic carbocycles. The molecule has 0 spiro atoms. The van der Waals surface area contributed by atoms with Crippen LogP contribution >= 0.6 is 22.6 Å². The molecule has 0 saturated heterocycles. The number of carbonyl (C=O) groups is 1. The summed E-state index contributed by atoms with van der Waals surface area (Å²) in [5, 5.41) is 11.9. The van der Waals surface area contributed by atoms with Crippen molar-refractivity contribution in [1.82, 2.24) is 0 Å². The number of fused-ring (bicyclic) bond motifs is 3. The second-order valence-corrected chi connectivity index (χ2v) is 8.55. The van der Waals surface area contributed by atoms with Crippen LogP contribution < -0.4 is 9.64 Å². The van der Waals surface area contributed by atoms with Gasteiger partial charge < -0.3 is 19.3 Å². The fraction of sp³-hybridized carbons (Fsp3) is 0.450. The van der Waals surface area contributed by atoms with E-state index in [9.17, 15) is 9.90 Å². The zero-order valence-corrected chi connectivity index (χ0v) is 18.1. The average Bonchev–Trinajstić information content (AvgIpc) is 3.00. The van der Waals surface area contributed by atoms with E-state index in [4.69, 9.17) is 14.2 Å². The van der Waals surface area contributed by atoms with Gasteiger partial charge in [-0.3, -0.25) is 4.90 Å². The number of anilines is 1. The first kappa shape index (κ1) is 20.2.